The van der Waals surface area contributed by atoms with Crippen LogP contribution < -0.4 is 11.1 Å². The van der Waals surface area contributed by atoms with Gasteiger partial charge in [-0.2, -0.15) is 0 Å². The SMILES string of the molecule is Nc1cncc(NCCN2CCCC2)n1. The summed E-state index contributed by atoms with van der Waals surface area (Å²) in [4.78, 5) is 10.5. The van der Waals surface area contributed by atoms with E-state index in [1.807, 2.05) is 0 Å². The van der Waals surface area contributed by atoms with Gasteiger partial charge in [0, 0.05) is 13.1 Å². The Labute approximate surface area is 89.7 Å². The van der Waals surface area contributed by atoms with E-state index < -0.39 is 0 Å². The molecule has 15 heavy (non-hydrogen) atoms. The van der Waals surface area contributed by atoms with Crippen molar-refractivity contribution in [3.63, 3.8) is 0 Å². The van der Waals surface area contributed by atoms with Gasteiger partial charge >= 0.3 is 0 Å². The molecule has 0 bridgehead atoms. The number of nitrogens with zero attached hydrogens (tertiary/aromatic N) is 3. The summed E-state index contributed by atoms with van der Waals surface area (Å²) < 4.78 is 0. The number of nitrogens with two attached hydrogens (primary N) is 1. The van der Waals surface area contributed by atoms with Crippen molar-refractivity contribution in [2.75, 3.05) is 37.2 Å². The van der Waals surface area contributed by atoms with Gasteiger partial charge in [-0.1, -0.05) is 0 Å². The number of hydrogen-bond donors (Lipinski definition) is 2. The second-order valence-corrected chi connectivity index (χ2v) is 3.80. The summed E-state index contributed by atoms with van der Waals surface area (Å²) in [6.45, 7) is 4.42. The third kappa shape index (κ3) is 3.06. The van der Waals surface area contributed by atoms with Gasteiger partial charge < -0.3 is 16.0 Å². The number of aromatic nitrogens is 2. The van der Waals surface area contributed by atoms with Gasteiger partial charge in [-0.15, -0.1) is 0 Å². The highest BCUT2D eigenvalue weighted by molar-refractivity contribution is 5.38. The van der Waals surface area contributed by atoms with Crippen molar-refractivity contribution in [1.29, 1.82) is 0 Å². The molecule has 82 valence electrons. The number of nitrogens with one attached hydrogen (secondary N) is 1. The predicted octanol–water partition coefficient (Wildman–Crippen LogP) is 0.566. The van der Waals surface area contributed by atoms with Crippen LogP contribution in [-0.4, -0.2) is 41.0 Å². The van der Waals surface area contributed by atoms with Crippen LogP contribution in [0.15, 0.2) is 12.4 Å². The Morgan fingerprint density at radius 2 is 2.13 bits per heavy atom. The van der Waals surface area contributed by atoms with E-state index in [4.69, 9.17) is 5.73 Å². The van der Waals surface area contributed by atoms with Gasteiger partial charge in [0.05, 0.1) is 12.4 Å². The van der Waals surface area contributed by atoms with Gasteiger partial charge in [-0.05, 0) is 25.9 Å². The fourth-order valence-electron chi connectivity index (χ4n) is 1.81. The van der Waals surface area contributed by atoms with Crippen LogP contribution in [0.4, 0.5) is 11.6 Å². The Hall–Kier alpha value is -1.36. The molecule has 0 saturated carbocycles. The molecule has 0 spiro atoms. The lowest BCUT2D eigenvalue weighted by atomic mass is 10.4. The topological polar surface area (TPSA) is 67.1 Å². The second-order valence-electron chi connectivity index (χ2n) is 3.80. The van der Waals surface area contributed by atoms with Gasteiger partial charge in [-0.3, -0.25) is 4.98 Å². The fraction of sp³-hybridized carbons (Fsp3) is 0.600. The third-order valence-electron chi connectivity index (χ3n) is 2.59. The zero-order chi connectivity index (χ0) is 10.5. The number of anilines is 2. The van der Waals surface area contributed by atoms with E-state index in [0.29, 0.717) is 5.82 Å². The minimum absolute atomic E-state index is 0.459. The van der Waals surface area contributed by atoms with E-state index in [1.54, 1.807) is 12.4 Å². The molecule has 1 aliphatic rings. The fourth-order valence-corrected chi connectivity index (χ4v) is 1.81. The first-order valence-corrected chi connectivity index (χ1v) is 5.38. The summed E-state index contributed by atoms with van der Waals surface area (Å²) >= 11 is 0. The Balaban J connectivity index is 1.73. The molecule has 3 N–H and O–H groups in total. The Morgan fingerprint density at radius 3 is 2.87 bits per heavy atom. The van der Waals surface area contributed by atoms with E-state index >= 15 is 0 Å². The van der Waals surface area contributed by atoms with E-state index in [9.17, 15) is 0 Å². The molecule has 1 aliphatic heterocycles. The highest BCUT2D eigenvalue weighted by Gasteiger charge is 2.10. The first-order chi connectivity index (χ1) is 7.34. The highest BCUT2D eigenvalue weighted by Crippen LogP contribution is 2.07. The lowest BCUT2D eigenvalue weighted by Crippen LogP contribution is -2.26. The molecule has 0 radical (unpaired) electrons. The molecule has 0 aromatic carbocycles. The van der Waals surface area contributed by atoms with E-state index in [2.05, 4.69) is 20.2 Å². The molecule has 0 aliphatic carbocycles. The zero-order valence-electron chi connectivity index (χ0n) is 8.82. The van der Waals surface area contributed by atoms with Crippen molar-refractivity contribution in [1.82, 2.24) is 14.9 Å². The molecule has 0 amide bonds. The standard InChI is InChI=1S/C10H17N5/c11-9-7-12-8-10(14-9)13-3-6-15-4-1-2-5-15/h7-8H,1-6H2,(H3,11,13,14). The maximum absolute atomic E-state index is 5.53. The average Bonchev–Trinajstić information content (AvgIpc) is 2.71. The molecule has 1 aromatic rings. The smallest absolute Gasteiger partial charge is 0.146 e. The van der Waals surface area contributed by atoms with Crippen LogP contribution in [0.25, 0.3) is 0 Å². The number of likely N-dealkylation sites (tertiary alicyclic amines) is 1. The number of hydrogen-bond acceptors (Lipinski definition) is 5. The van der Waals surface area contributed by atoms with Crippen LogP contribution in [0.3, 0.4) is 0 Å². The minimum Gasteiger partial charge on any atom is -0.382 e. The van der Waals surface area contributed by atoms with Crippen LogP contribution in [0.5, 0.6) is 0 Å². The number of rotatable bonds is 4. The molecule has 1 aromatic heterocycles. The van der Waals surface area contributed by atoms with E-state index in [0.717, 1.165) is 18.9 Å². The quantitative estimate of drug-likeness (QED) is 0.755. The summed E-state index contributed by atoms with van der Waals surface area (Å²) in [5, 5.41) is 3.22. The Kier molecular flexibility index (Phi) is 3.34. The Bertz CT molecular complexity index is 308. The third-order valence-corrected chi connectivity index (χ3v) is 2.59. The first kappa shape index (κ1) is 10.2. The van der Waals surface area contributed by atoms with Crippen molar-refractivity contribution in [2.24, 2.45) is 0 Å². The molecule has 2 rings (SSSR count). The van der Waals surface area contributed by atoms with Gasteiger partial charge in [-0.25, -0.2) is 4.98 Å². The monoisotopic (exact) mass is 207 g/mol. The summed E-state index contributed by atoms with van der Waals surface area (Å²) in [5.41, 5.74) is 5.53. The van der Waals surface area contributed by atoms with E-state index in [-0.39, 0.29) is 0 Å². The van der Waals surface area contributed by atoms with Gasteiger partial charge in [0.15, 0.2) is 0 Å². The van der Waals surface area contributed by atoms with Crippen LogP contribution in [0.2, 0.25) is 0 Å². The predicted molar refractivity (Wildman–Crippen MR) is 60.6 cm³/mol. The van der Waals surface area contributed by atoms with Crippen LogP contribution in [0, 0.1) is 0 Å². The van der Waals surface area contributed by atoms with Crippen molar-refractivity contribution in [3.05, 3.63) is 12.4 Å². The van der Waals surface area contributed by atoms with Gasteiger partial charge in [0.25, 0.3) is 0 Å². The molecule has 5 nitrogen and oxygen atoms in total. The second kappa shape index (κ2) is 4.93. The molecule has 2 heterocycles. The maximum Gasteiger partial charge on any atom is 0.146 e. The van der Waals surface area contributed by atoms with Gasteiger partial charge in [0.1, 0.15) is 11.6 Å². The van der Waals surface area contributed by atoms with Crippen molar-refractivity contribution < 1.29 is 0 Å². The zero-order valence-corrected chi connectivity index (χ0v) is 8.82. The van der Waals surface area contributed by atoms with Crippen LogP contribution >= 0.6 is 0 Å². The normalized spacial score (nSPS) is 16.8. The van der Waals surface area contributed by atoms with Crippen molar-refractivity contribution in [3.8, 4) is 0 Å². The molecule has 1 fully saturated rings. The molecular formula is C10H17N5. The van der Waals surface area contributed by atoms with Crippen LogP contribution in [0.1, 0.15) is 12.8 Å². The lowest BCUT2D eigenvalue weighted by Gasteiger charge is -2.14. The minimum atomic E-state index is 0.459. The summed E-state index contributed by atoms with van der Waals surface area (Å²) in [7, 11) is 0. The largest absolute Gasteiger partial charge is 0.382 e. The molecular weight excluding hydrogens is 190 g/mol. The number of nitrogen functional groups attached to an aromatic ring is 1. The van der Waals surface area contributed by atoms with E-state index in [1.165, 1.54) is 25.9 Å². The van der Waals surface area contributed by atoms with Crippen LogP contribution in [-0.2, 0) is 0 Å². The van der Waals surface area contributed by atoms with Crippen molar-refractivity contribution in [2.45, 2.75) is 12.8 Å². The van der Waals surface area contributed by atoms with Crippen molar-refractivity contribution >= 4 is 11.6 Å². The summed E-state index contributed by atoms with van der Waals surface area (Å²) in [6, 6.07) is 0. The lowest BCUT2D eigenvalue weighted by molar-refractivity contribution is 0.352. The maximum atomic E-state index is 5.53. The average molecular weight is 207 g/mol. The molecule has 5 heteroatoms. The summed E-state index contributed by atoms with van der Waals surface area (Å²) in [5.74, 6) is 1.22. The highest BCUT2D eigenvalue weighted by atomic mass is 15.2. The van der Waals surface area contributed by atoms with Gasteiger partial charge in [0.2, 0.25) is 0 Å². The first-order valence-electron chi connectivity index (χ1n) is 5.38. The summed E-state index contributed by atoms with van der Waals surface area (Å²) in [6.07, 6.45) is 5.90. The Morgan fingerprint density at radius 1 is 1.33 bits per heavy atom. The molecule has 0 atom stereocenters. The molecule has 0 unspecified atom stereocenters. The molecule has 1 saturated heterocycles.